The molecular formula is C26H23FN4OS2. The number of halogens is 1. The number of thiophene rings is 1. The Morgan fingerprint density at radius 2 is 1.91 bits per heavy atom. The first kappa shape index (κ1) is 22.4. The highest BCUT2D eigenvalue weighted by Gasteiger charge is 2.34. The zero-order valence-electron chi connectivity index (χ0n) is 18.8. The molecule has 0 amide bonds. The van der Waals surface area contributed by atoms with Crippen LogP contribution >= 0.6 is 23.6 Å². The van der Waals surface area contributed by atoms with E-state index < -0.39 is 0 Å². The molecule has 0 fully saturated rings. The van der Waals surface area contributed by atoms with E-state index in [9.17, 15) is 4.39 Å². The molecule has 2 aromatic heterocycles. The van der Waals surface area contributed by atoms with Crippen LogP contribution in [-0.4, -0.2) is 20.2 Å². The lowest BCUT2D eigenvalue weighted by Crippen LogP contribution is -2.45. The highest BCUT2D eigenvalue weighted by Crippen LogP contribution is 2.38. The van der Waals surface area contributed by atoms with Crippen LogP contribution in [0.15, 0.2) is 76.3 Å². The first-order chi connectivity index (χ1) is 16.5. The third-order valence-electron chi connectivity index (χ3n) is 6.00. The summed E-state index contributed by atoms with van der Waals surface area (Å²) in [5.74, 6) is 0.688. The molecule has 0 bridgehead atoms. The quantitative estimate of drug-likeness (QED) is 0.317. The van der Waals surface area contributed by atoms with Gasteiger partial charge in [-0.2, -0.15) is 4.98 Å². The fourth-order valence-corrected chi connectivity index (χ4v) is 5.05. The van der Waals surface area contributed by atoms with Gasteiger partial charge < -0.3 is 14.7 Å². The van der Waals surface area contributed by atoms with Crippen LogP contribution in [0.5, 0.6) is 0 Å². The molecule has 1 aliphatic rings. The SMILES string of the molecule is CCc1ccc(C2NC(=S)N(Cc3ccccc3F)C(C)=C2c2nc(-c3cccs3)no2)cc1. The number of thiocarbonyl (C=S) groups is 1. The van der Waals surface area contributed by atoms with Crippen LogP contribution in [-0.2, 0) is 13.0 Å². The molecule has 8 heteroatoms. The lowest BCUT2D eigenvalue weighted by Gasteiger charge is -2.37. The molecule has 1 N–H and O–H groups in total. The summed E-state index contributed by atoms with van der Waals surface area (Å²) in [6, 6.07) is 18.8. The van der Waals surface area contributed by atoms with E-state index in [2.05, 4.69) is 41.7 Å². The Bertz CT molecular complexity index is 1350. The normalized spacial score (nSPS) is 16.1. The van der Waals surface area contributed by atoms with Gasteiger partial charge in [0.2, 0.25) is 5.82 Å². The molecule has 0 saturated heterocycles. The number of hydrogen-bond acceptors (Lipinski definition) is 5. The fraction of sp³-hybridized carbons (Fsp3) is 0.192. The standard InChI is InChI=1S/C26H23FN4OS2/c1-3-17-10-12-18(13-11-17)23-22(25-29-24(30-32-25)21-9-6-14-34-21)16(2)31(26(33)28-23)15-19-7-4-5-8-20(19)27/h4-14,23H,3,15H2,1-2H3,(H,28,33). The lowest BCUT2D eigenvalue weighted by atomic mass is 9.93. The second-order valence-corrected chi connectivity index (χ2v) is 9.39. The van der Waals surface area contributed by atoms with Crippen LogP contribution in [0.3, 0.4) is 0 Å². The van der Waals surface area contributed by atoms with E-state index in [1.54, 1.807) is 23.5 Å². The Hall–Kier alpha value is -3.36. The molecule has 1 aliphatic heterocycles. The smallest absolute Gasteiger partial charge is 0.258 e. The van der Waals surface area contributed by atoms with Crippen LogP contribution < -0.4 is 5.32 Å². The average Bonchev–Trinajstić information content (AvgIpc) is 3.55. The number of aryl methyl sites for hydroxylation is 1. The van der Waals surface area contributed by atoms with Crippen molar-refractivity contribution in [3.05, 3.63) is 100 Å². The molecule has 2 aromatic carbocycles. The predicted molar refractivity (Wildman–Crippen MR) is 136 cm³/mol. The van der Waals surface area contributed by atoms with Crippen LogP contribution in [0.1, 0.15) is 42.5 Å². The molecule has 5 nitrogen and oxygen atoms in total. The Morgan fingerprint density at radius 1 is 1.12 bits per heavy atom. The monoisotopic (exact) mass is 490 g/mol. The van der Waals surface area contributed by atoms with Crippen molar-refractivity contribution in [2.24, 2.45) is 0 Å². The maximum Gasteiger partial charge on any atom is 0.258 e. The van der Waals surface area contributed by atoms with E-state index in [0.29, 0.717) is 28.9 Å². The van der Waals surface area contributed by atoms with Crippen LogP contribution in [0.25, 0.3) is 16.3 Å². The van der Waals surface area contributed by atoms with Gasteiger partial charge in [-0.25, -0.2) is 4.39 Å². The number of nitrogens with zero attached hydrogens (tertiary/aromatic N) is 3. The maximum atomic E-state index is 14.4. The molecule has 5 rings (SSSR count). The number of rotatable bonds is 6. The van der Waals surface area contributed by atoms with Crippen molar-refractivity contribution in [1.29, 1.82) is 0 Å². The molecule has 172 valence electrons. The molecule has 34 heavy (non-hydrogen) atoms. The summed E-state index contributed by atoms with van der Waals surface area (Å²) in [5.41, 5.74) is 4.52. The van der Waals surface area contributed by atoms with E-state index in [1.807, 2.05) is 35.4 Å². The first-order valence-corrected chi connectivity index (χ1v) is 12.3. The summed E-state index contributed by atoms with van der Waals surface area (Å²) in [5, 5.41) is 10.1. The number of benzene rings is 2. The Morgan fingerprint density at radius 3 is 2.62 bits per heavy atom. The minimum absolute atomic E-state index is 0.269. The van der Waals surface area contributed by atoms with Crippen molar-refractivity contribution < 1.29 is 8.91 Å². The molecule has 3 heterocycles. The highest BCUT2D eigenvalue weighted by atomic mass is 32.1. The van der Waals surface area contributed by atoms with Gasteiger partial charge in [0.05, 0.1) is 23.0 Å². The van der Waals surface area contributed by atoms with Gasteiger partial charge in [0, 0.05) is 11.3 Å². The van der Waals surface area contributed by atoms with Crippen molar-refractivity contribution in [3.8, 4) is 10.7 Å². The third-order valence-corrected chi connectivity index (χ3v) is 7.21. The average molecular weight is 491 g/mol. The zero-order valence-corrected chi connectivity index (χ0v) is 20.4. The van der Waals surface area contributed by atoms with Crippen molar-refractivity contribution in [1.82, 2.24) is 20.4 Å². The summed E-state index contributed by atoms with van der Waals surface area (Å²) in [4.78, 5) is 7.53. The minimum Gasteiger partial charge on any atom is -0.351 e. The number of aromatic nitrogens is 2. The van der Waals surface area contributed by atoms with Crippen LogP contribution in [0, 0.1) is 5.82 Å². The lowest BCUT2D eigenvalue weighted by molar-refractivity contribution is 0.395. The molecule has 0 radical (unpaired) electrons. The van der Waals surface area contributed by atoms with E-state index in [1.165, 1.54) is 11.6 Å². The van der Waals surface area contributed by atoms with Gasteiger partial charge in [-0.05, 0) is 54.2 Å². The van der Waals surface area contributed by atoms with Crippen molar-refractivity contribution in [2.45, 2.75) is 32.9 Å². The van der Waals surface area contributed by atoms with Gasteiger partial charge in [-0.1, -0.05) is 60.6 Å². The maximum absolute atomic E-state index is 14.4. The summed E-state index contributed by atoms with van der Waals surface area (Å²) < 4.78 is 20.2. The van der Waals surface area contributed by atoms with Crippen molar-refractivity contribution >= 4 is 34.2 Å². The molecule has 1 unspecified atom stereocenters. The molecular weight excluding hydrogens is 467 g/mol. The van der Waals surface area contributed by atoms with Crippen molar-refractivity contribution in [3.63, 3.8) is 0 Å². The highest BCUT2D eigenvalue weighted by molar-refractivity contribution is 7.80. The van der Waals surface area contributed by atoms with Gasteiger partial charge in [0.1, 0.15) is 5.82 Å². The summed E-state index contributed by atoms with van der Waals surface area (Å²) >= 11 is 7.29. The van der Waals surface area contributed by atoms with E-state index in [4.69, 9.17) is 21.7 Å². The van der Waals surface area contributed by atoms with Gasteiger partial charge in [0.25, 0.3) is 5.89 Å². The van der Waals surface area contributed by atoms with Gasteiger partial charge >= 0.3 is 0 Å². The topological polar surface area (TPSA) is 54.2 Å². The molecule has 0 saturated carbocycles. The largest absolute Gasteiger partial charge is 0.351 e. The van der Waals surface area contributed by atoms with Gasteiger partial charge in [0.15, 0.2) is 5.11 Å². The Balaban J connectivity index is 1.60. The van der Waals surface area contributed by atoms with Crippen LogP contribution in [0.4, 0.5) is 4.39 Å². The van der Waals surface area contributed by atoms with Gasteiger partial charge in [-0.3, -0.25) is 0 Å². The summed E-state index contributed by atoms with van der Waals surface area (Å²) in [7, 11) is 0. The van der Waals surface area contributed by atoms with Crippen LogP contribution in [0.2, 0.25) is 0 Å². The molecule has 0 spiro atoms. The molecule has 0 aliphatic carbocycles. The number of allylic oxidation sites excluding steroid dienone is 1. The summed E-state index contributed by atoms with van der Waals surface area (Å²) in [6.07, 6.45) is 0.961. The fourth-order valence-electron chi connectivity index (χ4n) is 4.08. The number of hydrogen-bond donors (Lipinski definition) is 1. The van der Waals surface area contributed by atoms with Crippen molar-refractivity contribution in [2.75, 3.05) is 0 Å². The zero-order chi connectivity index (χ0) is 23.7. The van der Waals surface area contributed by atoms with Gasteiger partial charge in [-0.15, -0.1) is 11.3 Å². The number of nitrogens with one attached hydrogen (secondary N) is 1. The molecule has 1 atom stereocenters. The predicted octanol–water partition coefficient (Wildman–Crippen LogP) is 6.36. The summed E-state index contributed by atoms with van der Waals surface area (Å²) in [6.45, 7) is 4.39. The van der Waals surface area contributed by atoms with E-state index in [-0.39, 0.29) is 11.9 Å². The Labute approximate surface area is 206 Å². The second-order valence-electron chi connectivity index (χ2n) is 8.05. The Kier molecular flexibility index (Phi) is 6.26. The minimum atomic E-state index is -0.271. The first-order valence-electron chi connectivity index (χ1n) is 11.0. The van der Waals surface area contributed by atoms with E-state index in [0.717, 1.165) is 28.1 Å². The molecule has 4 aromatic rings. The van der Waals surface area contributed by atoms with E-state index >= 15 is 0 Å². The second kappa shape index (κ2) is 9.48. The third kappa shape index (κ3) is 4.26.